The Morgan fingerprint density at radius 1 is 1.47 bits per heavy atom. The molecule has 2 aromatic rings. The van der Waals surface area contributed by atoms with Crippen LogP contribution in [0.4, 0.5) is 0 Å². The van der Waals surface area contributed by atoms with Crippen LogP contribution in [0.1, 0.15) is 33.1 Å². The lowest BCUT2D eigenvalue weighted by molar-refractivity contribution is 0.477. The van der Waals surface area contributed by atoms with Crippen LogP contribution < -0.4 is 5.32 Å². The number of imidazole rings is 1. The van der Waals surface area contributed by atoms with E-state index in [0.717, 1.165) is 18.9 Å². The van der Waals surface area contributed by atoms with Gasteiger partial charge < -0.3 is 9.88 Å². The molecule has 3 nitrogen and oxygen atoms in total. The van der Waals surface area contributed by atoms with Crippen LogP contribution in [0, 0.1) is 0 Å². The van der Waals surface area contributed by atoms with Crippen molar-refractivity contribution in [2.24, 2.45) is 0 Å². The van der Waals surface area contributed by atoms with Crippen LogP contribution in [0.15, 0.2) is 29.9 Å². The molecule has 0 spiro atoms. The lowest BCUT2D eigenvalue weighted by Gasteiger charge is -2.13. The topological polar surface area (TPSA) is 29.9 Å². The maximum atomic E-state index is 4.46. The van der Waals surface area contributed by atoms with Crippen molar-refractivity contribution in [3.63, 3.8) is 0 Å². The Hall–Kier alpha value is -1.13. The monoisotopic (exact) mass is 277 g/mol. The van der Waals surface area contributed by atoms with E-state index in [1.807, 2.05) is 6.20 Å². The molecule has 4 heteroatoms. The fraction of sp³-hybridized carbons (Fsp3) is 0.533. The summed E-state index contributed by atoms with van der Waals surface area (Å²) in [5.74, 6) is 1.10. The zero-order valence-electron chi connectivity index (χ0n) is 11.8. The van der Waals surface area contributed by atoms with Crippen LogP contribution in [0.5, 0.6) is 0 Å². The number of thiophene rings is 1. The maximum absolute atomic E-state index is 4.46. The Balaban J connectivity index is 1.82. The van der Waals surface area contributed by atoms with E-state index in [0.29, 0.717) is 6.04 Å². The molecule has 19 heavy (non-hydrogen) atoms. The standard InChI is InChI=1S/C15H23N3S/c1-3-8-16-13(2)6-4-10-18-11-9-17-15(18)14-7-5-12-19-14/h5,7,9,11-13,16H,3-4,6,8,10H2,1-2H3. The van der Waals surface area contributed by atoms with E-state index in [9.17, 15) is 0 Å². The van der Waals surface area contributed by atoms with Gasteiger partial charge in [-0.05, 0) is 44.2 Å². The number of nitrogens with one attached hydrogen (secondary N) is 1. The van der Waals surface area contributed by atoms with E-state index >= 15 is 0 Å². The molecule has 0 radical (unpaired) electrons. The molecule has 0 saturated heterocycles. The van der Waals surface area contributed by atoms with Gasteiger partial charge in [0.1, 0.15) is 5.82 Å². The minimum atomic E-state index is 0.605. The third-order valence-electron chi connectivity index (χ3n) is 3.24. The third-order valence-corrected chi connectivity index (χ3v) is 4.10. The Morgan fingerprint density at radius 3 is 3.11 bits per heavy atom. The predicted octanol–water partition coefficient (Wildman–Crippen LogP) is 3.78. The van der Waals surface area contributed by atoms with Gasteiger partial charge in [-0.15, -0.1) is 11.3 Å². The van der Waals surface area contributed by atoms with Gasteiger partial charge in [0.15, 0.2) is 0 Å². The summed E-state index contributed by atoms with van der Waals surface area (Å²) >= 11 is 1.75. The molecule has 104 valence electrons. The summed E-state index contributed by atoms with van der Waals surface area (Å²) in [5, 5.41) is 5.63. The maximum Gasteiger partial charge on any atom is 0.149 e. The molecule has 0 aliphatic carbocycles. The summed E-state index contributed by atoms with van der Waals surface area (Å²) < 4.78 is 2.26. The van der Waals surface area contributed by atoms with Crippen molar-refractivity contribution in [2.45, 2.75) is 45.7 Å². The quantitative estimate of drug-likeness (QED) is 0.796. The SMILES string of the molecule is CCCNC(C)CCCn1ccnc1-c1cccs1. The number of hydrogen-bond donors (Lipinski definition) is 1. The number of rotatable bonds is 8. The van der Waals surface area contributed by atoms with E-state index in [1.54, 1.807) is 11.3 Å². The van der Waals surface area contributed by atoms with Gasteiger partial charge in [-0.2, -0.15) is 0 Å². The van der Waals surface area contributed by atoms with Gasteiger partial charge in [-0.1, -0.05) is 13.0 Å². The van der Waals surface area contributed by atoms with Gasteiger partial charge in [-0.25, -0.2) is 4.98 Å². The first-order valence-electron chi connectivity index (χ1n) is 7.09. The second-order valence-corrected chi connectivity index (χ2v) is 5.87. The van der Waals surface area contributed by atoms with Crippen LogP contribution in [0.25, 0.3) is 10.7 Å². The molecule has 1 unspecified atom stereocenters. The molecule has 0 aliphatic heterocycles. The van der Waals surface area contributed by atoms with Crippen LogP contribution in [0.2, 0.25) is 0 Å². The van der Waals surface area contributed by atoms with Gasteiger partial charge in [0.05, 0.1) is 4.88 Å². The summed E-state index contributed by atoms with van der Waals surface area (Å²) in [6.07, 6.45) is 7.58. The minimum absolute atomic E-state index is 0.605. The third kappa shape index (κ3) is 4.18. The van der Waals surface area contributed by atoms with Gasteiger partial charge in [-0.3, -0.25) is 0 Å². The number of aryl methyl sites for hydroxylation is 1. The largest absolute Gasteiger partial charge is 0.330 e. The Morgan fingerprint density at radius 2 is 2.37 bits per heavy atom. The summed E-state index contributed by atoms with van der Waals surface area (Å²) in [4.78, 5) is 5.72. The Kier molecular flexibility index (Phi) is 5.61. The van der Waals surface area contributed by atoms with Gasteiger partial charge in [0.2, 0.25) is 0 Å². The van der Waals surface area contributed by atoms with E-state index in [1.165, 1.54) is 24.1 Å². The summed E-state index contributed by atoms with van der Waals surface area (Å²) in [6, 6.07) is 4.82. The van der Waals surface area contributed by atoms with Crippen molar-refractivity contribution in [1.82, 2.24) is 14.9 Å². The van der Waals surface area contributed by atoms with Gasteiger partial charge in [0.25, 0.3) is 0 Å². The fourth-order valence-electron chi connectivity index (χ4n) is 2.18. The normalized spacial score (nSPS) is 12.7. The molecule has 0 amide bonds. The van der Waals surface area contributed by atoms with Crippen LogP contribution in [-0.4, -0.2) is 22.1 Å². The van der Waals surface area contributed by atoms with Crippen molar-refractivity contribution in [3.05, 3.63) is 29.9 Å². The van der Waals surface area contributed by atoms with E-state index < -0.39 is 0 Å². The molecule has 1 atom stereocenters. The Bertz CT molecular complexity index is 461. The molecule has 0 fully saturated rings. The van der Waals surface area contributed by atoms with E-state index in [2.05, 4.69) is 52.4 Å². The molecule has 2 heterocycles. The highest BCUT2D eigenvalue weighted by atomic mass is 32.1. The van der Waals surface area contributed by atoms with Gasteiger partial charge in [0, 0.05) is 25.0 Å². The molecule has 2 rings (SSSR count). The van der Waals surface area contributed by atoms with Crippen LogP contribution >= 0.6 is 11.3 Å². The van der Waals surface area contributed by atoms with Crippen molar-refractivity contribution in [1.29, 1.82) is 0 Å². The number of hydrogen-bond acceptors (Lipinski definition) is 3. The molecule has 1 N–H and O–H groups in total. The second-order valence-electron chi connectivity index (χ2n) is 4.92. The van der Waals surface area contributed by atoms with Crippen LogP contribution in [-0.2, 0) is 6.54 Å². The zero-order valence-corrected chi connectivity index (χ0v) is 12.6. The first-order valence-corrected chi connectivity index (χ1v) is 7.97. The summed E-state index contributed by atoms with van der Waals surface area (Å²) in [6.45, 7) is 6.64. The smallest absolute Gasteiger partial charge is 0.149 e. The predicted molar refractivity (Wildman–Crippen MR) is 82.5 cm³/mol. The van der Waals surface area contributed by atoms with Crippen molar-refractivity contribution in [2.75, 3.05) is 6.54 Å². The Labute approximate surface area is 119 Å². The van der Waals surface area contributed by atoms with Crippen molar-refractivity contribution in [3.8, 4) is 10.7 Å². The average molecular weight is 277 g/mol. The average Bonchev–Trinajstić information content (AvgIpc) is 3.06. The van der Waals surface area contributed by atoms with E-state index in [4.69, 9.17) is 0 Å². The van der Waals surface area contributed by atoms with Crippen molar-refractivity contribution >= 4 is 11.3 Å². The summed E-state index contributed by atoms with van der Waals surface area (Å²) in [7, 11) is 0. The highest BCUT2D eigenvalue weighted by Crippen LogP contribution is 2.23. The number of nitrogens with zero attached hydrogens (tertiary/aromatic N) is 2. The van der Waals surface area contributed by atoms with Crippen molar-refractivity contribution < 1.29 is 0 Å². The first kappa shape index (κ1) is 14.3. The molecule has 2 aromatic heterocycles. The first-order chi connectivity index (χ1) is 9.31. The molecule has 0 aromatic carbocycles. The fourth-order valence-corrected chi connectivity index (χ4v) is 2.92. The number of aromatic nitrogens is 2. The zero-order chi connectivity index (χ0) is 13.5. The van der Waals surface area contributed by atoms with E-state index in [-0.39, 0.29) is 0 Å². The van der Waals surface area contributed by atoms with Crippen LogP contribution in [0.3, 0.4) is 0 Å². The minimum Gasteiger partial charge on any atom is -0.330 e. The van der Waals surface area contributed by atoms with Gasteiger partial charge >= 0.3 is 0 Å². The highest BCUT2D eigenvalue weighted by molar-refractivity contribution is 7.13. The molecular weight excluding hydrogens is 254 g/mol. The molecule has 0 aliphatic rings. The lowest BCUT2D eigenvalue weighted by Crippen LogP contribution is -2.26. The lowest BCUT2D eigenvalue weighted by atomic mass is 10.2. The molecular formula is C15H23N3S. The molecule has 0 bridgehead atoms. The molecule has 0 saturated carbocycles. The summed E-state index contributed by atoms with van der Waals surface area (Å²) in [5.41, 5.74) is 0. The highest BCUT2D eigenvalue weighted by Gasteiger charge is 2.07. The second kappa shape index (κ2) is 7.46.